The Bertz CT molecular complexity index is 503. The van der Waals surface area contributed by atoms with Crippen LogP contribution in [-0.2, 0) is 14.8 Å². The van der Waals surface area contributed by atoms with Crippen molar-refractivity contribution in [1.82, 2.24) is 4.72 Å². The smallest absolute Gasteiger partial charge is 0.240 e. The normalized spacial score (nSPS) is 11.7. The van der Waals surface area contributed by atoms with Gasteiger partial charge in [-0.3, -0.25) is 0 Å². The molecule has 0 saturated heterocycles. The SMILES string of the molecule is Cc1ccc(C)c(S(=O)(=O)NCCCOCCBr)c1. The molecule has 0 atom stereocenters. The molecule has 4 nitrogen and oxygen atoms in total. The van der Waals surface area contributed by atoms with Crippen molar-refractivity contribution in [3.05, 3.63) is 29.3 Å². The molecule has 6 heteroatoms. The summed E-state index contributed by atoms with van der Waals surface area (Å²) in [4.78, 5) is 0.355. The zero-order chi connectivity index (χ0) is 14.3. The summed E-state index contributed by atoms with van der Waals surface area (Å²) in [7, 11) is -3.42. The molecule has 0 aromatic heterocycles. The van der Waals surface area contributed by atoms with Gasteiger partial charge in [0.25, 0.3) is 0 Å². The molecule has 1 aromatic rings. The van der Waals surface area contributed by atoms with Crippen molar-refractivity contribution in [2.24, 2.45) is 0 Å². The van der Waals surface area contributed by atoms with Crippen molar-refractivity contribution in [2.75, 3.05) is 25.1 Å². The third-order valence-corrected chi connectivity index (χ3v) is 4.54. The van der Waals surface area contributed by atoms with Gasteiger partial charge in [0.1, 0.15) is 0 Å². The Kier molecular flexibility index (Phi) is 6.99. The van der Waals surface area contributed by atoms with Crippen LogP contribution < -0.4 is 4.72 Å². The molecule has 108 valence electrons. The molecule has 0 aliphatic carbocycles. The Morgan fingerprint density at radius 3 is 2.68 bits per heavy atom. The van der Waals surface area contributed by atoms with E-state index in [1.165, 1.54) is 0 Å². The summed E-state index contributed by atoms with van der Waals surface area (Å²) in [5.74, 6) is 0. The minimum absolute atomic E-state index is 0.355. The number of halogens is 1. The highest BCUT2D eigenvalue weighted by Gasteiger charge is 2.15. The summed E-state index contributed by atoms with van der Waals surface area (Å²) in [6.45, 7) is 5.27. The highest BCUT2D eigenvalue weighted by atomic mass is 79.9. The van der Waals surface area contributed by atoms with E-state index < -0.39 is 10.0 Å². The van der Waals surface area contributed by atoms with Crippen molar-refractivity contribution >= 4 is 26.0 Å². The number of aryl methyl sites for hydroxylation is 2. The third kappa shape index (κ3) is 5.60. The minimum Gasteiger partial charge on any atom is -0.381 e. The van der Waals surface area contributed by atoms with Gasteiger partial charge in [0, 0.05) is 18.5 Å². The predicted octanol–water partition coefficient (Wildman–Crippen LogP) is 2.38. The molecular weight excluding hydrogens is 330 g/mol. The fourth-order valence-electron chi connectivity index (χ4n) is 1.61. The molecule has 0 aliphatic heterocycles. The summed E-state index contributed by atoms with van der Waals surface area (Å²) in [6.07, 6.45) is 0.664. The molecule has 0 spiro atoms. The van der Waals surface area contributed by atoms with E-state index in [0.29, 0.717) is 31.1 Å². The molecule has 0 aliphatic rings. The first-order valence-electron chi connectivity index (χ1n) is 6.18. The highest BCUT2D eigenvalue weighted by molar-refractivity contribution is 9.09. The number of benzene rings is 1. The van der Waals surface area contributed by atoms with Gasteiger partial charge in [0.05, 0.1) is 11.5 Å². The van der Waals surface area contributed by atoms with Gasteiger partial charge in [0.2, 0.25) is 10.0 Å². The van der Waals surface area contributed by atoms with E-state index in [-0.39, 0.29) is 0 Å². The Balaban J connectivity index is 2.54. The topological polar surface area (TPSA) is 55.4 Å². The quantitative estimate of drug-likeness (QED) is 0.579. The number of sulfonamides is 1. The van der Waals surface area contributed by atoms with Crippen molar-refractivity contribution in [1.29, 1.82) is 0 Å². The summed E-state index contributed by atoms with van der Waals surface area (Å²) in [6, 6.07) is 5.42. The first-order chi connectivity index (χ1) is 8.97. The average Bonchev–Trinajstić information content (AvgIpc) is 2.36. The lowest BCUT2D eigenvalue weighted by molar-refractivity contribution is 0.149. The van der Waals surface area contributed by atoms with E-state index in [1.807, 2.05) is 19.1 Å². The number of nitrogens with one attached hydrogen (secondary N) is 1. The van der Waals surface area contributed by atoms with Crippen LogP contribution in [0.2, 0.25) is 0 Å². The third-order valence-electron chi connectivity index (χ3n) is 2.61. The van der Waals surface area contributed by atoms with Gasteiger partial charge < -0.3 is 4.74 Å². The molecular formula is C13H20BrNO3S. The maximum Gasteiger partial charge on any atom is 0.240 e. The molecule has 19 heavy (non-hydrogen) atoms. The van der Waals surface area contributed by atoms with E-state index in [9.17, 15) is 8.42 Å². The Morgan fingerprint density at radius 2 is 2.00 bits per heavy atom. The molecule has 1 aromatic carbocycles. The number of rotatable bonds is 8. The number of hydrogen-bond donors (Lipinski definition) is 1. The molecule has 1 rings (SSSR count). The van der Waals surface area contributed by atoms with Gasteiger partial charge in [-0.15, -0.1) is 0 Å². The van der Waals surface area contributed by atoms with Crippen LogP contribution in [0.4, 0.5) is 0 Å². The van der Waals surface area contributed by atoms with E-state index in [0.717, 1.165) is 16.5 Å². The first kappa shape index (κ1) is 16.6. The number of hydrogen-bond acceptors (Lipinski definition) is 3. The van der Waals surface area contributed by atoms with Crippen LogP contribution >= 0.6 is 15.9 Å². The van der Waals surface area contributed by atoms with E-state index in [4.69, 9.17) is 4.74 Å². The predicted molar refractivity (Wildman–Crippen MR) is 80.3 cm³/mol. The Labute approximate surface area is 123 Å². The van der Waals surface area contributed by atoms with Crippen molar-refractivity contribution in [2.45, 2.75) is 25.2 Å². The largest absolute Gasteiger partial charge is 0.381 e. The van der Waals surface area contributed by atoms with Crippen LogP contribution in [0.5, 0.6) is 0 Å². The molecule has 0 heterocycles. The molecule has 0 saturated carbocycles. The van der Waals surface area contributed by atoms with Gasteiger partial charge in [-0.2, -0.15) is 0 Å². The maximum atomic E-state index is 12.1. The maximum absolute atomic E-state index is 12.1. The molecule has 0 amide bonds. The molecule has 1 N–H and O–H groups in total. The fraction of sp³-hybridized carbons (Fsp3) is 0.538. The lowest BCUT2D eigenvalue weighted by atomic mass is 10.2. The van der Waals surface area contributed by atoms with E-state index in [1.54, 1.807) is 13.0 Å². The highest BCUT2D eigenvalue weighted by Crippen LogP contribution is 2.16. The summed E-state index contributed by atoms with van der Waals surface area (Å²) < 4.78 is 32.1. The van der Waals surface area contributed by atoms with Crippen molar-refractivity contribution in [3.63, 3.8) is 0 Å². The first-order valence-corrected chi connectivity index (χ1v) is 8.78. The van der Waals surface area contributed by atoms with E-state index in [2.05, 4.69) is 20.7 Å². The second-order valence-electron chi connectivity index (χ2n) is 4.32. The van der Waals surface area contributed by atoms with Crippen LogP contribution in [0.1, 0.15) is 17.5 Å². The minimum atomic E-state index is -3.42. The molecule has 0 bridgehead atoms. The zero-order valence-corrected chi connectivity index (χ0v) is 13.7. The number of alkyl halides is 1. The Morgan fingerprint density at radius 1 is 1.26 bits per heavy atom. The van der Waals surface area contributed by atoms with Gasteiger partial charge in [-0.1, -0.05) is 28.1 Å². The number of ether oxygens (including phenoxy) is 1. The van der Waals surface area contributed by atoms with Gasteiger partial charge in [-0.05, 0) is 37.5 Å². The fourth-order valence-corrected chi connectivity index (χ4v) is 3.24. The van der Waals surface area contributed by atoms with Crippen LogP contribution in [0.25, 0.3) is 0 Å². The van der Waals surface area contributed by atoms with Crippen molar-refractivity contribution in [3.8, 4) is 0 Å². The summed E-state index contributed by atoms with van der Waals surface area (Å²) >= 11 is 3.26. The lowest BCUT2D eigenvalue weighted by Crippen LogP contribution is -2.26. The van der Waals surface area contributed by atoms with Crippen LogP contribution in [0.15, 0.2) is 23.1 Å². The monoisotopic (exact) mass is 349 g/mol. The zero-order valence-electron chi connectivity index (χ0n) is 11.3. The Hall–Kier alpha value is -0.430. The molecule has 0 fully saturated rings. The summed E-state index contributed by atoms with van der Waals surface area (Å²) in [5.41, 5.74) is 1.69. The van der Waals surface area contributed by atoms with Crippen LogP contribution in [0.3, 0.4) is 0 Å². The van der Waals surface area contributed by atoms with Gasteiger partial charge in [-0.25, -0.2) is 13.1 Å². The average molecular weight is 350 g/mol. The second-order valence-corrected chi connectivity index (χ2v) is 6.85. The van der Waals surface area contributed by atoms with Crippen molar-refractivity contribution < 1.29 is 13.2 Å². The van der Waals surface area contributed by atoms with Gasteiger partial charge in [0.15, 0.2) is 0 Å². The van der Waals surface area contributed by atoms with Crippen LogP contribution in [0, 0.1) is 13.8 Å². The van der Waals surface area contributed by atoms with Gasteiger partial charge >= 0.3 is 0 Å². The van der Waals surface area contributed by atoms with E-state index >= 15 is 0 Å². The summed E-state index contributed by atoms with van der Waals surface area (Å²) in [5, 5.41) is 0.793. The van der Waals surface area contributed by atoms with Crippen LogP contribution in [-0.4, -0.2) is 33.5 Å². The standard InChI is InChI=1S/C13H20BrNO3S/c1-11-4-5-12(2)13(10-11)19(16,17)15-7-3-8-18-9-6-14/h4-5,10,15H,3,6-9H2,1-2H3. The molecule has 0 unspecified atom stereocenters. The lowest BCUT2D eigenvalue weighted by Gasteiger charge is -2.10. The molecule has 0 radical (unpaired) electrons. The second kappa shape index (κ2) is 7.99.